The number of hydrogen-bond acceptors (Lipinski definition) is 4. The lowest BCUT2D eigenvalue weighted by atomic mass is 10.1. The Hall–Kier alpha value is -1.64. The minimum Gasteiger partial charge on any atom is -0.338 e. The Kier molecular flexibility index (Phi) is 6.37. The van der Waals surface area contributed by atoms with Crippen molar-refractivity contribution in [3.63, 3.8) is 0 Å². The molecule has 1 aliphatic heterocycles. The van der Waals surface area contributed by atoms with Gasteiger partial charge in [-0.3, -0.25) is 0 Å². The predicted octanol–water partition coefficient (Wildman–Crippen LogP) is 1.33. The molecule has 8 heteroatoms. The van der Waals surface area contributed by atoms with E-state index in [0.717, 1.165) is 26.1 Å². The summed E-state index contributed by atoms with van der Waals surface area (Å²) >= 11 is 0. The second-order valence-corrected chi connectivity index (χ2v) is 7.27. The van der Waals surface area contributed by atoms with Crippen LogP contribution in [0.1, 0.15) is 25.7 Å². The number of hydrogen-bond donors (Lipinski definition) is 3. The summed E-state index contributed by atoms with van der Waals surface area (Å²) in [6.07, 6.45) is 4.77. The van der Waals surface area contributed by atoms with Gasteiger partial charge in [0.15, 0.2) is 0 Å². The molecule has 128 valence electrons. The third kappa shape index (κ3) is 6.17. The molecule has 23 heavy (non-hydrogen) atoms. The average Bonchev–Trinajstić information content (AvgIpc) is 2.52. The van der Waals surface area contributed by atoms with Crippen LogP contribution in [0.4, 0.5) is 10.5 Å². The molecule has 0 unspecified atom stereocenters. The summed E-state index contributed by atoms with van der Waals surface area (Å²) in [4.78, 5) is 14.2. The number of nitrogens with zero attached hydrogens (tertiary/aromatic N) is 1. The van der Waals surface area contributed by atoms with Gasteiger partial charge in [-0.25, -0.2) is 18.4 Å². The van der Waals surface area contributed by atoms with Crippen molar-refractivity contribution in [2.45, 2.75) is 30.6 Å². The molecule has 0 aliphatic carbocycles. The zero-order valence-corrected chi connectivity index (χ0v) is 13.9. The zero-order chi connectivity index (χ0) is 16.7. The van der Waals surface area contributed by atoms with Crippen molar-refractivity contribution in [3.05, 3.63) is 24.3 Å². The standard InChI is InChI=1S/C15H24N4O3S/c16-23(21,22)14-7-5-13(6-8-14)18-15(20)17-9-4-12-19-10-2-1-3-11-19/h5-8H,1-4,9-12H2,(H2,16,21,22)(H2,17,18,20). The maximum Gasteiger partial charge on any atom is 0.319 e. The fourth-order valence-corrected chi connectivity index (χ4v) is 3.11. The van der Waals surface area contributed by atoms with Gasteiger partial charge in [-0.1, -0.05) is 6.42 Å². The molecule has 0 saturated carbocycles. The van der Waals surface area contributed by atoms with Crippen LogP contribution in [0, 0.1) is 0 Å². The maximum atomic E-state index is 11.8. The van der Waals surface area contributed by atoms with E-state index in [2.05, 4.69) is 15.5 Å². The number of primary sulfonamides is 1. The van der Waals surface area contributed by atoms with E-state index in [4.69, 9.17) is 5.14 Å². The molecule has 1 aliphatic rings. The number of likely N-dealkylation sites (tertiary alicyclic amines) is 1. The molecule has 2 rings (SSSR count). The molecule has 1 fully saturated rings. The number of amides is 2. The number of nitrogens with two attached hydrogens (primary N) is 1. The molecule has 7 nitrogen and oxygen atoms in total. The van der Waals surface area contributed by atoms with Crippen LogP contribution in [0.5, 0.6) is 0 Å². The van der Waals surface area contributed by atoms with Crippen LogP contribution in [0.15, 0.2) is 29.2 Å². The van der Waals surface area contributed by atoms with Gasteiger partial charge in [-0.2, -0.15) is 0 Å². The normalized spacial score (nSPS) is 16.0. The van der Waals surface area contributed by atoms with Gasteiger partial charge >= 0.3 is 6.03 Å². The Morgan fingerprint density at radius 3 is 2.39 bits per heavy atom. The third-order valence-electron chi connectivity index (χ3n) is 3.83. The largest absolute Gasteiger partial charge is 0.338 e. The number of sulfonamides is 1. The molecule has 1 heterocycles. The van der Waals surface area contributed by atoms with E-state index in [1.165, 1.54) is 43.5 Å². The lowest BCUT2D eigenvalue weighted by Crippen LogP contribution is -2.34. The number of carbonyl (C=O) groups excluding carboxylic acids is 1. The highest BCUT2D eigenvalue weighted by atomic mass is 32.2. The first-order valence-electron chi connectivity index (χ1n) is 7.85. The third-order valence-corrected chi connectivity index (χ3v) is 4.76. The Morgan fingerprint density at radius 2 is 1.78 bits per heavy atom. The number of urea groups is 1. The van der Waals surface area contributed by atoms with Crippen molar-refractivity contribution in [1.29, 1.82) is 0 Å². The van der Waals surface area contributed by atoms with Crippen LogP contribution >= 0.6 is 0 Å². The van der Waals surface area contributed by atoms with Crippen molar-refractivity contribution in [2.75, 3.05) is 31.5 Å². The van der Waals surface area contributed by atoms with Crippen LogP contribution in [0.2, 0.25) is 0 Å². The number of piperidine rings is 1. The van der Waals surface area contributed by atoms with Crippen LogP contribution in [0.3, 0.4) is 0 Å². The molecule has 1 aromatic carbocycles. The molecule has 0 bridgehead atoms. The van der Waals surface area contributed by atoms with E-state index < -0.39 is 10.0 Å². The van der Waals surface area contributed by atoms with E-state index in [9.17, 15) is 13.2 Å². The van der Waals surface area contributed by atoms with Gasteiger partial charge < -0.3 is 15.5 Å². The molecule has 0 spiro atoms. The van der Waals surface area contributed by atoms with Crippen molar-refractivity contribution >= 4 is 21.7 Å². The van der Waals surface area contributed by atoms with Gasteiger partial charge in [0.25, 0.3) is 0 Å². The summed E-state index contributed by atoms with van der Waals surface area (Å²) in [7, 11) is -3.71. The highest BCUT2D eigenvalue weighted by molar-refractivity contribution is 7.89. The molecule has 0 atom stereocenters. The summed E-state index contributed by atoms with van der Waals surface area (Å²) in [5.74, 6) is 0. The molecule has 4 N–H and O–H groups in total. The molecular formula is C15H24N4O3S. The van der Waals surface area contributed by atoms with Gasteiger partial charge in [-0.15, -0.1) is 0 Å². The molecular weight excluding hydrogens is 316 g/mol. The fourth-order valence-electron chi connectivity index (χ4n) is 2.59. The maximum absolute atomic E-state index is 11.8. The quantitative estimate of drug-likeness (QED) is 0.680. The van der Waals surface area contributed by atoms with Gasteiger partial charge in [0.1, 0.15) is 0 Å². The minimum absolute atomic E-state index is 0.0185. The second-order valence-electron chi connectivity index (χ2n) is 5.71. The first kappa shape index (κ1) is 17.7. The highest BCUT2D eigenvalue weighted by Gasteiger charge is 2.10. The minimum atomic E-state index is -3.71. The summed E-state index contributed by atoms with van der Waals surface area (Å²) in [5.41, 5.74) is 0.519. The average molecular weight is 340 g/mol. The second kappa shape index (κ2) is 8.28. The van der Waals surface area contributed by atoms with Crippen LogP contribution in [-0.4, -0.2) is 45.5 Å². The summed E-state index contributed by atoms with van der Waals surface area (Å²) in [6.45, 7) is 3.92. The number of rotatable bonds is 6. The zero-order valence-electron chi connectivity index (χ0n) is 13.1. The van der Waals surface area contributed by atoms with Crippen molar-refractivity contribution in [1.82, 2.24) is 10.2 Å². The van der Waals surface area contributed by atoms with Crippen molar-refractivity contribution in [3.8, 4) is 0 Å². The van der Waals surface area contributed by atoms with Crippen LogP contribution < -0.4 is 15.8 Å². The summed E-state index contributed by atoms with van der Waals surface area (Å²) < 4.78 is 22.3. The van der Waals surface area contributed by atoms with Crippen LogP contribution in [0.25, 0.3) is 0 Å². The van der Waals surface area contributed by atoms with E-state index in [1.54, 1.807) is 0 Å². The summed E-state index contributed by atoms with van der Waals surface area (Å²) in [6, 6.07) is 5.44. The number of anilines is 1. The smallest absolute Gasteiger partial charge is 0.319 e. The predicted molar refractivity (Wildman–Crippen MR) is 89.7 cm³/mol. The van der Waals surface area contributed by atoms with Crippen molar-refractivity contribution < 1.29 is 13.2 Å². The highest BCUT2D eigenvalue weighted by Crippen LogP contribution is 2.12. The topological polar surface area (TPSA) is 105 Å². The summed E-state index contributed by atoms with van der Waals surface area (Å²) in [5, 5.41) is 10.5. The van der Waals surface area contributed by atoms with Crippen LogP contribution in [-0.2, 0) is 10.0 Å². The molecule has 1 aromatic rings. The van der Waals surface area contributed by atoms with Gasteiger partial charge in [-0.05, 0) is 63.2 Å². The molecule has 0 radical (unpaired) electrons. The fraction of sp³-hybridized carbons (Fsp3) is 0.533. The lowest BCUT2D eigenvalue weighted by molar-refractivity contribution is 0.224. The monoisotopic (exact) mass is 340 g/mol. The lowest BCUT2D eigenvalue weighted by Gasteiger charge is -2.26. The van der Waals surface area contributed by atoms with Crippen molar-refractivity contribution in [2.24, 2.45) is 5.14 Å². The van der Waals surface area contributed by atoms with Gasteiger partial charge in [0.2, 0.25) is 10.0 Å². The van der Waals surface area contributed by atoms with Gasteiger partial charge in [0.05, 0.1) is 4.90 Å². The van der Waals surface area contributed by atoms with E-state index >= 15 is 0 Å². The first-order chi connectivity index (χ1) is 10.9. The molecule has 2 amide bonds. The number of nitrogens with one attached hydrogen (secondary N) is 2. The Bertz CT molecular complexity index is 610. The van der Waals surface area contributed by atoms with E-state index in [0.29, 0.717) is 12.2 Å². The van der Waals surface area contributed by atoms with E-state index in [-0.39, 0.29) is 10.9 Å². The first-order valence-corrected chi connectivity index (χ1v) is 9.40. The van der Waals surface area contributed by atoms with Gasteiger partial charge in [0, 0.05) is 12.2 Å². The Morgan fingerprint density at radius 1 is 1.13 bits per heavy atom. The number of carbonyl (C=O) groups is 1. The number of benzene rings is 1. The Labute approximate surface area is 137 Å². The SMILES string of the molecule is NS(=O)(=O)c1ccc(NC(=O)NCCCN2CCCCC2)cc1. The molecule has 1 saturated heterocycles. The molecule has 0 aromatic heterocycles. The Balaban J connectivity index is 1.68. The van der Waals surface area contributed by atoms with E-state index in [1.807, 2.05) is 0 Å².